The Balaban J connectivity index is 1.26. The van der Waals surface area contributed by atoms with Gasteiger partial charge >= 0.3 is 12.0 Å². The van der Waals surface area contributed by atoms with Gasteiger partial charge in [-0.25, -0.2) is 14.4 Å². The van der Waals surface area contributed by atoms with E-state index in [9.17, 15) is 14.0 Å². The molecule has 1 aliphatic heterocycles. The maximum Gasteiger partial charge on any atom is 0.322 e. The van der Waals surface area contributed by atoms with Crippen molar-refractivity contribution in [3.8, 4) is 34.4 Å². The number of halogens is 1. The molecule has 2 aromatic carbocycles. The minimum Gasteiger partial charge on any atom is -0.448 e. The van der Waals surface area contributed by atoms with E-state index in [0.717, 1.165) is 0 Å². The van der Waals surface area contributed by atoms with Crippen molar-refractivity contribution in [2.75, 3.05) is 13.2 Å². The number of hydrogen-bond acceptors (Lipinski definition) is 9. The van der Waals surface area contributed by atoms with E-state index in [1.54, 1.807) is 43.5 Å². The van der Waals surface area contributed by atoms with Gasteiger partial charge in [0.05, 0.1) is 30.3 Å². The van der Waals surface area contributed by atoms with E-state index in [0.29, 0.717) is 47.1 Å². The Labute approximate surface area is 233 Å². The molecule has 0 bridgehead atoms. The van der Waals surface area contributed by atoms with Crippen LogP contribution in [0.1, 0.15) is 31.9 Å². The van der Waals surface area contributed by atoms with Gasteiger partial charge < -0.3 is 29.7 Å². The van der Waals surface area contributed by atoms with Gasteiger partial charge in [-0.2, -0.15) is 4.98 Å². The fourth-order valence-electron chi connectivity index (χ4n) is 4.33. The first kappa shape index (κ1) is 26.5. The number of primary amides is 1. The summed E-state index contributed by atoms with van der Waals surface area (Å²) in [7, 11) is 0. The molecular weight excluding hydrogens is 533 g/mol. The number of nitrogens with one attached hydrogen (secondary N) is 1. The molecule has 210 valence electrons. The number of imidazole rings is 1. The summed E-state index contributed by atoms with van der Waals surface area (Å²) < 4.78 is 36.8. The molecule has 1 saturated heterocycles. The van der Waals surface area contributed by atoms with E-state index < -0.39 is 29.2 Å². The quantitative estimate of drug-likeness (QED) is 0.304. The molecule has 0 spiro atoms. The van der Waals surface area contributed by atoms with E-state index in [1.807, 2.05) is 18.2 Å². The number of nitrogens with two attached hydrogens (primary N) is 1. The van der Waals surface area contributed by atoms with Gasteiger partial charge in [0.25, 0.3) is 5.91 Å². The van der Waals surface area contributed by atoms with Crippen LogP contribution in [0.5, 0.6) is 11.8 Å². The Hall–Kier alpha value is -4.68. The van der Waals surface area contributed by atoms with Crippen LogP contribution in [-0.4, -0.2) is 50.6 Å². The van der Waals surface area contributed by atoms with Crippen LogP contribution in [0.2, 0.25) is 0 Å². The van der Waals surface area contributed by atoms with E-state index in [2.05, 4.69) is 15.0 Å². The second-order valence-corrected chi connectivity index (χ2v) is 10.3. The summed E-state index contributed by atoms with van der Waals surface area (Å²) in [6, 6.07) is 16.8. The van der Waals surface area contributed by atoms with Crippen molar-refractivity contribution in [3.63, 3.8) is 0 Å². The Morgan fingerprint density at radius 2 is 1.73 bits per heavy atom. The molecular formula is C29H26FN5O6. The summed E-state index contributed by atoms with van der Waals surface area (Å²) in [5.41, 5.74) is 5.08. The van der Waals surface area contributed by atoms with Crippen LogP contribution in [0.15, 0.2) is 66.9 Å². The number of para-hydroxylation sites is 1. The highest BCUT2D eigenvalue weighted by atomic mass is 19.1. The zero-order chi connectivity index (χ0) is 28.6. The maximum absolute atomic E-state index is 13.7. The molecule has 3 N–H and O–H groups in total. The topological polar surface area (TPSA) is 152 Å². The summed E-state index contributed by atoms with van der Waals surface area (Å²) in [6.45, 7) is 1.54. The van der Waals surface area contributed by atoms with Crippen molar-refractivity contribution in [2.24, 2.45) is 11.1 Å². The Morgan fingerprint density at radius 1 is 1.02 bits per heavy atom. The Kier molecular flexibility index (Phi) is 6.72. The van der Waals surface area contributed by atoms with Crippen LogP contribution in [0.4, 0.5) is 4.39 Å². The zero-order valence-electron chi connectivity index (χ0n) is 22.0. The summed E-state index contributed by atoms with van der Waals surface area (Å²) >= 11 is 0. The number of esters is 1. The van der Waals surface area contributed by atoms with Crippen LogP contribution in [-0.2, 0) is 23.8 Å². The number of aromatic nitrogens is 4. The van der Waals surface area contributed by atoms with Crippen molar-refractivity contribution in [1.29, 1.82) is 0 Å². The van der Waals surface area contributed by atoms with Gasteiger partial charge in [-0.15, -0.1) is 0 Å². The number of aromatic amines is 1. The molecule has 11 nitrogen and oxygen atoms in total. The highest BCUT2D eigenvalue weighted by molar-refractivity contribution is 5.90. The van der Waals surface area contributed by atoms with E-state index in [-0.39, 0.29) is 25.0 Å². The van der Waals surface area contributed by atoms with Gasteiger partial charge in [0.2, 0.25) is 6.29 Å². The van der Waals surface area contributed by atoms with Gasteiger partial charge in [-0.05, 0) is 49.4 Å². The highest BCUT2D eigenvalue weighted by Crippen LogP contribution is 2.42. The molecule has 2 aliphatic rings. The normalized spacial score (nSPS) is 21.2. The second-order valence-electron chi connectivity index (χ2n) is 10.3. The molecule has 2 fully saturated rings. The SMILES string of the molecule is CC1(C(=O)OC2(C(N)=O)CC2)COC(c2nc(-c3ccc(F)cc3)c(-c3ccnc(Oc4ccccc4)n3)[nH]2)OC1. The first-order chi connectivity index (χ1) is 19.7. The predicted octanol–water partition coefficient (Wildman–Crippen LogP) is 4.08. The van der Waals surface area contributed by atoms with Gasteiger partial charge in [0.15, 0.2) is 11.4 Å². The average molecular weight is 560 g/mol. The molecule has 41 heavy (non-hydrogen) atoms. The molecule has 1 amide bonds. The van der Waals surface area contributed by atoms with Crippen LogP contribution >= 0.6 is 0 Å². The highest BCUT2D eigenvalue weighted by Gasteiger charge is 2.55. The van der Waals surface area contributed by atoms with E-state index in [4.69, 9.17) is 29.7 Å². The summed E-state index contributed by atoms with van der Waals surface area (Å²) in [5.74, 6) is -0.784. The molecule has 3 heterocycles. The van der Waals surface area contributed by atoms with Crippen molar-refractivity contribution in [1.82, 2.24) is 19.9 Å². The third kappa shape index (κ3) is 5.39. The minimum absolute atomic E-state index is 0.0458. The molecule has 0 unspecified atom stereocenters. The number of rotatable bonds is 8. The summed E-state index contributed by atoms with van der Waals surface area (Å²) in [6.07, 6.45) is 1.41. The van der Waals surface area contributed by atoms with E-state index in [1.165, 1.54) is 12.1 Å². The van der Waals surface area contributed by atoms with Gasteiger partial charge in [-0.3, -0.25) is 9.59 Å². The number of carbonyl (C=O) groups excluding carboxylic acids is 2. The third-order valence-corrected chi connectivity index (χ3v) is 6.95. The molecule has 0 atom stereocenters. The van der Waals surface area contributed by atoms with Crippen molar-refractivity contribution >= 4 is 11.9 Å². The molecule has 12 heteroatoms. The van der Waals surface area contributed by atoms with Crippen LogP contribution in [0, 0.1) is 11.2 Å². The standard InChI is InChI=1S/C29H26FN5O6/c1-28(26(37)41-29(12-13-29)25(31)36)15-38-24(39-16-28)23-34-21(17-7-9-18(30)10-8-17)22(35-23)20-11-14-32-27(33-20)40-19-5-3-2-4-6-19/h2-11,14,24H,12-13,15-16H2,1H3,(H2,31,36)(H,34,35). The first-order valence-electron chi connectivity index (χ1n) is 12.9. The van der Waals surface area contributed by atoms with Gasteiger partial charge in [0.1, 0.15) is 17.0 Å². The molecule has 1 saturated carbocycles. The fourth-order valence-corrected chi connectivity index (χ4v) is 4.33. The van der Waals surface area contributed by atoms with Gasteiger partial charge in [0, 0.05) is 24.6 Å². The lowest BCUT2D eigenvalue weighted by molar-refractivity contribution is -0.240. The number of ether oxygens (including phenoxy) is 4. The van der Waals surface area contributed by atoms with Crippen molar-refractivity contribution in [3.05, 3.63) is 78.5 Å². The van der Waals surface area contributed by atoms with Crippen molar-refractivity contribution in [2.45, 2.75) is 31.7 Å². The lowest BCUT2D eigenvalue weighted by Crippen LogP contribution is -2.47. The number of amides is 1. The molecule has 2 aromatic heterocycles. The maximum atomic E-state index is 13.7. The minimum atomic E-state index is -1.24. The molecule has 4 aromatic rings. The number of hydrogen-bond donors (Lipinski definition) is 2. The lowest BCUT2D eigenvalue weighted by atomic mass is 9.92. The first-order valence-corrected chi connectivity index (χ1v) is 12.9. The molecule has 1 aliphatic carbocycles. The fraction of sp³-hybridized carbons (Fsp3) is 0.276. The number of nitrogens with zero attached hydrogens (tertiary/aromatic N) is 3. The largest absolute Gasteiger partial charge is 0.448 e. The van der Waals surface area contributed by atoms with E-state index >= 15 is 0 Å². The summed E-state index contributed by atoms with van der Waals surface area (Å²) in [4.78, 5) is 41.2. The predicted molar refractivity (Wildman–Crippen MR) is 142 cm³/mol. The monoisotopic (exact) mass is 559 g/mol. The molecule has 6 rings (SSSR count). The zero-order valence-corrected chi connectivity index (χ0v) is 22.0. The average Bonchev–Trinajstić information content (AvgIpc) is 3.63. The number of carbonyl (C=O) groups is 2. The van der Waals surface area contributed by atoms with Gasteiger partial charge in [-0.1, -0.05) is 18.2 Å². The summed E-state index contributed by atoms with van der Waals surface area (Å²) in [5, 5.41) is 0. The lowest BCUT2D eigenvalue weighted by Gasteiger charge is -2.35. The number of H-pyrrole nitrogens is 1. The Bertz CT molecular complexity index is 1580. The second kappa shape index (κ2) is 10.4. The van der Waals surface area contributed by atoms with Crippen molar-refractivity contribution < 1.29 is 32.9 Å². The van der Waals surface area contributed by atoms with Crippen LogP contribution < -0.4 is 10.5 Å². The smallest absolute Gasteiger partial charge is 0.322 e. The third-order valence-electron chi connectivity index (χ3n) is 6.95. The Morgan fingerprint density at radius 3 is 2.39 bits per heavy atom. The molecule has 0 radical (unpaired) electrons. The van der Waals surface area contributed by atoms with Crippen LogP contribution in [0.25, 0.3) is 22.6 Å². The van der Waals surface area contributed by atoms with Crippen LogP contribution in [0.3, 0.4) is 0 Å². The number of benzene rings is 2.